The highest BCUT2D eigenvalue weighted by atomic mass is 35.5. The highest BCUT2D eigenvalue weighted by molar-refractivity contribution is 6.34. The van der Waals surface area contributed by atoms with E-state index in [4.69, 9.17) is 16.3 Å². The van der Waals surface area contributed by atoms with Crippen LogP contribution in [0.5, 0.6) is 0 Å². The van der Waals surface area contributed by atoms with Gasteiger partial charge in [-0.15, -0.1) is 0 Å². The highest BCUT2D eigenvalue weighted by Gasteiger charge is 2.44. The molecule has 1 aromatic rings. The van der Waals surface area contributed by atoms with Crippen LogP contribution >= 0.6 is 11.6 Å². The van der Waals surface area contributed by atoms with Crippen LogP contribution in [0.4, 0.5) is 5.69 Å². The van der Waals surface area contributed by atoms with Crippen molar-refractivity contribution in [1.82, 2.24) is 4.90 Å². The molecule has 8 heteroatoms. The van der Waals surface area contributed by atoms with Gasteiger partial charge in [-0.3, -0.25) is 14.4 Å². The summed E-state index contributed by atoms with van der Waals surface area (Å²) in [5.41, 5.74) is -0.421. The van der Waals surface area contributed by atoms with Gasteiger partial charge in [0.25, 0.3) is 5.91 Å². The van der Waals surface area contributed by atoms with Gasteiger partial charge in [-0.1, -0.05) is 25.4 Å². The number of carboxylic acids is 1. The summed E-state index contributed by atoms with van der Waals surface area (Å²) in [6.07, 6.45) is 1.00. The predicted octanol–water partition coefficient (Wildman–Crippen LogP) is 2.89. The van der Waals surface area contributed by atoms with Gasteiger partial charge < -0.3 is 20.1 Å². The minimum Gasteiger partial charge on any atom is -0.481 e. The monoisotopic (exact) mass is 396 g/mol. The van der Waals surface area contributed by atoms with Crippen LogP contribution in [-0.2, 0) is 14.3 Å². The Balaban J connectivity index is 2.26. The number of hydrogen-bond acceptors (Lipinski definition) is 4. The lowest BCUT2D eigenvalue weighted by atomic mass is 9.80. The number of aliphatic carboxylic acids is 1. The standard InChI is InChI=1S/C19H25ClN2O5/c1-12(2)16(23)21-13-5-6-15(20)14(9-13)17(24)22-8-4-7-19(10-22,11-27-3)18(25)26/h5-6,9,12H,4,7-8,10-11H2,1-3H3,(H,21,23)(H,25,26). The number of carbonyl (C=O) groups is 3. The number of methoxy groups -OCH3 is 1. The van der Waals surface area contributed by atoms with Crippen LogP contribution in [0.25, 0.3) is 0 Å². The topological polar surface area (TPSA) is 95.9 Å². The third-order valence-electron chi connectivity index (χ3n) is 4.73. The van der Waals surface area contributed by atoms with E-state index in [-0.39, 0.29) is 41.5 Å². The number of anilines is 1. The largest absolute Gasteiger partial charge is 0.481 e. The number of likely N-dealkylation sites (tertiary alicyclic amines) is 1. The summed E-state index contributed by atoms with van der Waals surface area (Å²) >= 11 is 6.20. The Hall–Kier alpha value is -2.12. The van der Waals surface area contributed by atoms with Gasteiger partial charge in [-0.2, -0.15) is 0 Å². The molecule has 1 aliphatic rings. The average molecular weight is 397 g/mol. The van der Waals surface area contributed by atoms with Crippen LogP contribution in [0, 0.1) is 11.3 Å². The first-order valence-electron chi connectivity index (χ1n) is 8.82. The number of carbonyl (C=O) groups excluding carboxylic acids is 2. The van der Waals surface area contributed by atoms with E-state index in [0.717, 1.165) is 0 Å². The van der Waals surface area contributed by atoms with Crippen molar-refractivity contribution >= 4 is 35.1 Å². The number of rotatable bonds is 6. The number of nitrogens with one attached hydrogen (secondary N) is 1. The number of carboxylic acid groups (broad SMARTS) is 1. The molecule has 1 saturated heterocycles. The zero-order valence-corrected chi connectivity index (χ0v) is 16.5. The number of piperidine rings is 1. The minimum atomic E-state index is -1.13. The van der Waals surface area contributed by atoms with Gasteiger partial charge in [-0.05, 0) is 31.0 Å². The molecule has 27 heavy (non-hydrogen) atoms. The van der Waals surface area contributed by atoms with Crippen molar-refractivity contribution in [2.75, 3.05) is 32.1 Å². The van der Waals surface area contributed by atoms with Crippen molar-refractivity contribution in [3.8, 4) is 0 Å². The van der Waals surface area contributed by atoms with Crippen molar-refractivity contribution in [1.29, 1.82) is 0 Å². The van der Waals surface area contributed by atoms with Crippen molar-refractivity contribution in [3.63, 3.8) is 0 Å². The summed E-state index contributed by atoms with van der Waals surface area (Å²) in [5, 5.41) is 12.6. The average Bonchev–Trinajstić information content (AvgIpc) is 2.63. The van der Waals surface area contributed by atoms with Crippen LogP contribution in [0.15, 0.2) is 18.2 Å². The van der Waals surface area contributed by atoms with Crippen LogP contribution in [0.3, 0.4) is 0 Å². The lowest BCUT2D eigenvalue weighted by Gasteiger charge is -2.39. The molecule has 0 aliphatic carbocycles. The van der Waals surface area contributed by atoms with Crippen molar-refractivity contribution in [2.24, 2.45) is 11.3 Å². The fraction of sp³-hybridized carbons (Fsp3) is 0.526. The van der Waals surface area contributed by atoms with Gasteiger partial charge in [0.1, 0.15) is 5.41 Å². The first-order chi connectivity index (χ1) is 12.7. The second kappa shape index (κ2) is 8.71. The molecule has 2 amide bonds. The van der Waals surface area contributed by atoms with Gasteiger partial charge >= 0.3 is 5.97 Å². The van der Waals surface area contributed by atoms with E-state index in [1.807, 2.05) is 0 Å². The number of hydrogen-bond donors (Lipinski definition) is 2. The quantitative estimate of drug-likeness (QED) is 0.770. The van der Waals surface area contributed by atoms with E-state index in [1.54, 1.807) is 26.0 Å². The number of benzene rings is 1. The summed E-state index contributed by atoms with van der Waals surface area (Å²) in [4.78, 5) is 38.2. The van der Waals surface area contributed by atoms with E-state index in [2.05, 4.69) is 5.32 Å². The number of amides is 2. The SMILES string of the molecule is COCC1(C(=O)O)CCCN(C(=O)c2cc(NC(=O)C(C)C)ccc2Cl)C1. The molecule has 1 heterocycles. The first kappa shape index (κ1) is 21.2. The molecule has 0 bridgehead atoms. The molecule has 2 rings (SSSR count). The van der Waals surface area contributed by atoms with E-state index in [1.165, 1.54) is 18.1 Å². The van der Waals surface area contributed by atoms with Crippen LogP contribution in [-0.4, -0.2) is 54.6 Å². The van der Waals surface area contributed by atoms with Crippen molar-refractivity contribution < 1.29 is 24.2 Å². The number of ether oxygens (including phenoxy) is 1. The Morgan fingerprint density at radius 2 is 2.07 bits per heavy atom. The number of nitrogens with zero attached hydrogens (tertiary/aromatic N) is 1. The second-order valence-electron chi connectivity index (χ2n) is 7.19. The Morgan fingerprint density at radius 3 is 2.67 bits per heavy atom. The summed E-state index contributed by atoms with van der Waals surface area (Å²) in [7, 11) is 1.45. The third kappa shape index (κ3) is 4.78. The van der Waals surface area contributed by atoms with Gasteiger partial charge in [-0.25, -0.2) is 0 Å². The maximum Gasteiger partial charge on any atom is 0.313 e. The lowest BCUT2D eigenvalue weighted by Crippen LogP contribution is -2.52. The molecule has 1 aliphatic heterocycles. The maximum atomic E-state index is 13.0. The summed E-state index contributed by atoms with van der Waals surface area (Å²) in [6.45, 7) is 4.06. The molecular weight excluding hydrogens is 372 g/mol. The summed E-state index contributed by atoms with van der Waals surface area (Å²) < 4.78 is 5.10. The Morgan fingerprint density at radius 1 is 1.37 bits per heavy atom. The third-order valence-corrected chi connectivity index (χ3v) is 5.06. The van der Waals surface area contributed by atoms with Crippen LogP contribution in [0.1, 0.15) is 37.0 Å². The first-order valence-corrected chi connectivity index (χ1v) is 9.20. The van der Waals surface area contributed by atoms with Crippen LogP contribution in [0.2, 0.25) is 5.02 Å². The zero-order chi connectivity index (χ0) is 20.2. The normalized spacial score (nSPS) is 19.8. The molecule has 0 spiro atoms. The Bertz CT molecular complexity index is 733. The smallest absolute Gasteiger partial charge is 0.313 e. The molecule has 7 nitrogen and oxygen atoms in total. The molecule has 1 aromatic carbocycles. The fourth-order valence-corrected chi connectivity index (χ4v) is 3.36. The van der Waals surface area contributed by atoms with Crippen LogP contribution < -0.4 is 5.32 Å². The van der Waals surface area contributed by atoms with Gasteiger partial charge in [0.05, 0.1) is 17.2 Å². The van der Waals surface area contributed by atoms with Gasteiger partial charge in [0.15, 0.2) is 0 Å². The Labute approximate surface area is 163 Å². The molecule has 1 unspecified atom stereocenters. The predicted molar refractivity (Wildman–Crippen MR) is 102 cm³/mol. The second-order valence-corrected chi connectivity index (χ2v) is 7.59. The molecule has 0 radical (unpaired) electrons. The van der Waals surface area contributed by atoms with E-state index >= 15 is 0 Å². The van der Waals surface area contributed by atoms with E-state index < -0.39 is 11.4 Å². The summed E-state index contributed by atoms with van der Waals surface area (Å²) in [5.74, 6) is -1.71. The maximum absolute atomic E-state index is 13.0. The molecule has 1 atom stereocenters. The van der Waals surface area contributed by atoms with E-state index in [9.17, 15) is 19.5 Å². The molecule has 1 fully saturated rings. The zero-order valence-electron chi connectivity index (χ0n) is 15.8. The molecule has 0 aromatic heterocycles. The van der Waals surface area contributed by atoms with E-state index in [0.29, 0.717) is 25.1 Å². The lowest BCUT2D eigenvalue weighted by molar-refractivity contribution is -0.155. The van der Waals surface area contributed by atoms with Crippen molar-refractivity contribution in [2.45, 2.75) is 26.7 Å². The molecular formula is C19H25ClN2O5. The number of halogens is 1. The minimum absolute atomic E-state index is 0.0321. The highest BCUT2D eigenvalue weighted by Crippen LogP contribution is 2.32. The van der Waals surface area contributed by atoms with Crippen molar-refractivity contribution in [3.05, 3.63) is 28.8 Å². The molecule has 0 saturated carbocycles. The molecule has 148 valence electrons. The fourth-order valence-electron chi connectivity index (χ4n) is 3.16. The van der Waals surface area contributed by atoms with Gasteiger partial charge in [0, 0.05) is 31.8 Å². The van der Waals surface area contributed by atoms with Gasteiger partial charge in [0.2, 0.25) is 5.91 Å². The molecule has 2 N–H and O–H groups in total. The summed E-state index contributed by atoms with van der Waals surface area (Å²) in [6, 6.07) is 4.70. The Kier molecular flexibility index (Phi) is 6.84.